The number of Topliss-reactive ketones (excluding diaryl/α,β-unsaturated/α-hetero) is 1. The number of furan rings is 1. The maximum atomic E-state index is 12.1. The van der Waals surface area contributed by atoms with Crippen LogP contribution in [0.1, 0.15) is 58.4 Å². The van der Waals surface area contributed by atoms with Crippen molar-refractivity contribution in [2.24, 2.45) is 0 Å². The van der Waals surface area contributed by atoms with E-state index >= 15 is 0 Å². The lowest BCUT2D eigenvalue weighted by Gasteiger charge is -2.07. The molecule has 0 radical (unpaired) electrons. The van der Waals surface area contributed by atoms with Gasteiger partial charge in [-0.05, 0) is 57.0 Å². The Kier molecular flexibility index (Phi) is 5.21. The van der Waals surface area contributed by atoms with Gasteiger partial charge >= 0.3 is 0 Å². The summed E-state index contributed by atoms with van der Waals surface area (Å²) in [5, 5.41) is 5.72. The average Bonchev–Trinajstić information content (AvgIpc) is 3.33. The van der Waals surface area contributed by atoms with Crippen LogP contribution < -0.4 is 10.6 Å². The summed E-state index contributed by atoms with van der Waals surface area (Å²) in [5.41, 5.74) is 1.77. The third-order valence-corrected chi connectivity index (χ3v) is 4.29. The zero-order chi connectivity index (χ0) is 18.7. The lowest BCUT2D eigenvalue weighted by molar-refractivity contribution is -0.116. The summed E-state index contributed by atoms with van der Waals surface area (Å²) in [6, 6.07) is 8.83. The molecule has 1 aliphatic carbocycles. The summed E-state index contributed by atoms with van der Waals surface area (Å²) >= 11 is 0. The molecule has 0 atom stereocenters. The van der Waals surface area contributed by atoms with Gasteiger partial charge in [0.05, 0.1) is 5.56 Å². The Morgan fingerprint density at radius 2 is 1.85 bits per heavy atom. The summed E-state index contributed by atoms with van der Waals surface area (Å²) in [6.45, 7) is 3.23. The van der Waals surface area contributed by atoms with Crippen LogP contribution in [0.5, 0.6) is 0 Å². The SMILES string of the molecule is CC(=O)c1cc(CCC(=O)Nc2ccc(C(=O)NC3CC3)cc2)oc1C. The second kappa shape index (κ2) is 7.56. The fourth-order valence-electron chi connectivity index (χ4n) is 2.68. The molecule has 0 bridgehead atoms. The molecular weight excluding hydrogens is 332 g/mol. The number of hydrogen-bond donors (Lipinski definition) is 2. The second-order valence-electron chi connectivity index (χ2n) is 6.61. The van der Waals surface area contributed by atoms with Crippen molar-refractivity contribution in [2.75, 3.05) is 5.32 Å². The number of hydrogen-bond acceptors (Lipinski definition) is 4. The van der Waals surface area contributed by atoms with Gasteiger partial charge in [0, 0.05) is 30.1 Å². The van der Waals surface area contributed by atoms with Crippen molar-refractivity contribution in [3.8, 4) is 0 Å². The highest BCUT2D eigenvalue weighted by atomic mass is 16.3. The quantitative estimate of drug-likeness (QED) is 0.747. The van der Waals surface area contributed by atoms with Crippen LogP contribution in [0.15, 0.2) is 34.7 Å². The number of rotatable bonds is 7. The van der Waals surface area contributed by atoms with Gasteiger partial charge in [0.1, 0.15) is 11.5 Å². The van der Waals surface area contributed by atoms with Gasteiger partial charge < -0.3 is 15.1 Å². The number of aryl methyl sites for hydroxylation is 2. The van der Waals surface area contributed by atoms with Crippen LogP contribution >= 0.6 is 0 Å². The van der Waals surface area contributed by atoms with E-state index in [1.807, 2.05) is 0 Å². The maximum Gasteiger partial charge on any atom is 0.251 e. The van der Waals surface area contributed by atoms with Crippen LogP contribution in [0, 0.1) is 6.92 Å². The highest BCUT2D eigenvalue weighted by molar-refractivity contribution is 5.96. The Morgan fingerprint density at radius 3 is 2.42 bits per heavy atom. The molecule has 0 spiro atoms. The summed E-state index contributed by atoms with van der Waals surface area (Å²) < 4.78 is 5.51. The van der Waals surface area contributed by atoms with Crippen LogP contribution in [-0.2, 0) is 11.2 Å². The van der Waals surface area contributed by atoms with E-state index in [1.165, 1.54) is 6.92 Å². The van der Waals surface area contributed by atoms with Crippen molar-refractivity contribution >= 4 is 23.3 Å². The van der Waals surface area contributed by atoms with Crippen molar-refractivity contribution in [1.82, 2.24) is 5.32 Å². The Labute approximate surface area is 152 Å². The molecule has 26 heavy (non-hydrogen) atoms. The number of amides is 2. The van der Waals surface area contributed by atoms with Gasteiger partial charge in [-0.25, -0.2) is 0 Å². The minimum absolute atomic E-state index is 0.0484. The van der Waals surface area contributed by atoms with Crippen LogP contribution in [0.25, 0.3) is 0 Å². The third-order valence-electron chi connectivity index (χ3n) is 4.29. The van der Waals surface area contributed by atoms with Crippen LogP contribution in [0.2, 0.25) is 0 Å². The van der Waals surface area contributed by atoms with E-state index in [0.29, 0.717) is 40.8 Å². The predicted molar refractivity (Wildman–Crippen MR) is 97.3 cm³/mol. The molecule has 6 nitrogen and oxygen atoms in total. The van der Waals surface area contributed by atoms with Crippen LogP contribution in [0.3, 0.4) is 0 Å². The van der Waals surface area contributed by atoms with Gasteiger partial charge in [-0.3, -0.25) is 14.4 Å². The molecule has 6 heteroatoms. The van der Waals surface area contributed by atoms with Crippen molar-refractivity contribution < 1.29 is 18.8 Å². The first-order valence-corrected chi connectivity index (χ1v) is 8.73. The maximum absolute atomic E-state index is 12.1. The molecule has 0 saturated heterocycles. The Hall–Kier alpha value is -2.89. The number of nitrogens with one attached hydrogen (secondary N) is 2. The van der Waals surface area contributed by atoms with Crippen molar-refractivity contribution in [3.63, 3.8) is 0 Å². The van der Waals surface area contributed by atoms with E-state index in [9.17, 15) is 14.4 Å². The minimum atomic E-state index is -0.154. The highest BCUT2D eigenvalue weighted by Gasteiger charge is 2.23. The zero-order valence-corrected chi connectivity index (χ0v) is 14.9. The standard InChI is InChI=1S/C20H22N2O4/c1-12(23)18-11-17(26-13(18)2)9-10-19(24)21-15-5-3-14(4-6-15)20(25)22-16-7-8-16/h3-6,11,16H,7-10H2,1-2H3,(H,21,24)(H,22,25). The monoisotopic (exact) mass is 354 g/mol. The van der Waals surface area contributed by atoms with E-state index in [-0.39, 0.29) is 24.0 Å². The highest BCUT2D eigenvalue weighted by Crippen LogP contribution is 2.20. The first kappa shape index (κ1) is 17.9. The molecule has 3 rings (SSSR count). The third kappa shape index (κ3) is 4.59. The smallest absolute Gasteiger partial charge is 0.251 e. The molecule has 0 unspecified atom stereocenters. The van der Waals surface area contributed by atoms with E-state index < -0.39 is 0 Å². The molecule has 1 aromatic heterocycles. The fraction of sp³-hybridized carbons (Fsp3) is 0.350. The van der Waals surface area contributed by atoms with E-state index in [0.717, 1.165) is 12.8 Å². The Balaban J connectivity index is 1.50. The van der Waals surface area contributed by atoms with E-state index in [4.69, 9.17) is 4.42 Å². The molecule has 0 aliphatic heterocycles. The summed E-state index contributed by atoms with van der Waals surface area (Å²) in [5.74, 6) is 0.911. The topological polar surface area (TPSA) is 88.4 Å². The van der Waals surface area contributed by atoms with Crippen LogP contribution in [-0.4, -0.2) is 23.6 Å². The fourth-order valence-corrected chi connectivity index (χ4v) is 2.68. The molecule has 1 heterocycles. The Morgan fingerprint density at radius 1 is 1.15 bits per heavy atom. The predicted octanol–water partition coefficient (Wildman–Crippen LogP) is 3.25. The summed E-state index contributed by atoms with van der Waals surface area (Å²) in [4.78, 5) is 35.4. The lowest BCUT2D eigenvalue weighted by atomic mass is 10.1. The van der Waals surface area contributed by atoms with Crippen molar-refractivity contribution in [1.29, 1.82) is 0 Å². The zero-order valence-electron chi connectivity index (χ0n) is 14.9. The van der Waals surface area contributed by atoms with Gasteiger partial charge in [-0.1, -0.05) is 0 Å². The first-order valence-electron chi connectivity index (χ1n) is 8.73. The number of ketones is 1. The minimum Gasteiger partial charge on any atom is -0.466 e. The molecule has 2 N–H and O–H groups in total. The van der Waals surface area contributed by atoms with Crippen molar-refractivity contribution in [2.45, 2.75) is 45.6 Å². The molecule has 136 valence electrons. The van der Waals surface area contributed by atoms with Gasteiger partial charge in [0.25, 0.3) is 5.91 Å². The molecule has 2 aromatic rings. The second-order valence-corrected chi connectivity index (χ2v) is 6.61. The Bertz CT molecular complexity index is 832. The molecule has 1 fully saturated rings. The van der Waals surface area contributed by atoms with Gasteiger partial charge in [0.15, 0.2) is 5.78 Å². The van der Waals surface area contributed by atoms with Gasteiger partial charge in [-0.15, -0.1) is 0 Å². The first-order chi connectivity index (χ1) is 12.4. The normalized spacial score (nSPS) is 13.3. The van der Waals surface area contributed by atoms with Crippen molar-refractivity contribution in [3.05, 3.63) is 53.0 Å². The molecule has 2 amide bonds. The summed E-state index contributed by atoms with van der Waals surface area (Å²) in [6.07, 6.45) is 2.75. The molecule has 1 aliphatic rings. The molecule has 1 saturated carbocycles. The van der Waals surface area contributed by atoms with E-state index in [1.54, 1.807) is 37.3 Å². The number of anilines is 1. The number of carbonyl (C=O) groups excluding carboxylic acids is 3. The number of carbonyl (C=O) groups is 3. The summed E-state index contributed by atoms with van der Waals surface area (Å²) in [7, 11) is 0. The average molecular weight is 354 g/mol. The number of benzene rings is 1. The van der Waals surface area contributed by atoms with Gasteiger partial charge in [-0.2, -0.15) is 0 Å². The van der Waals surface area contributed by atoms with Crippen LogP contribution in [0.4, 0.5) is 5.69 Å². The lowest BCUT2D eigenvalue weighted by Crippen LogP contribution is -2.25. The van der Waals surface area contributed by atoms with Gasteiger partial charge in [0.2, 0.25) is 5.91 Å². The largest absolute Gasteiger partial charge is 0.466 e. The van der Waals surface area contributed by atoms with E-state index in [2.05, 4.69) is 10.6 Å². The molecule has 1 aromatic carbocycles. The molecular formula is C20H22N2O4.